The van der Waals surface area contributed by atoms with E-state index in [9.17, 15) is 9.46 Å². The van der Waals surface area contributed by atoms with Gasteiger partial charge in [-0.2, -0.15) is 0 Å². The van der Waals surface area contributed by atoms with Gasteiger partial charge in [-0.1, -0.05) is 13.8 Å². The Balaban J connectivity index is 3.86. The van der Waals surface area contributed by atoms with Crippen molar-refractivity contribution in [3.05, 3.63) is 0 Å². The fourth-order valence-electron chi connectivity index (χ4n) is 0.901. The zero-order valence-corrected chi connectivity index (χ0v) is 9.57. The van der Waals surface area contributed by atoms with Gasteiger partial charge in [0.15, 0.2) is 0 Å². The molecule has 14 heavy (non-hydrogen) atoms. The van der Waals surface area contributed by atoms with Gasteiger partial charge in [0.25, 0.3) is 0 Å². The summed E-state index contributed by atoms with van der Waals surface area (Å²) in [5.74, 6) is 0. The van der Waals surface area contributed by atoms with Crippen LogP contribution in [0.25, 0.3) is 0 Å². The van der Waals surface area contributed by atoms with E-state index < -0.39 is 7.82 Å². The van der Waals surface area contributed by atoms with Crippen LogP contribution < -0.4 is 0 Å². The quantitative estimate of drug-likeness (QED) is 0.486. The van der Waals surface area contributed by atoms with Gasteiger partial charge >= 0.3 is 7.82 Å². The molecule has 0 saturated heterocycles. The van der Waals surface area contributed by atoms with Crippen LogP contribution in [-0.2, 0) is 13.6 Å². The molecule has 6 heteroatoms. The fourth-order valence-corrected chi connectivity index (χ4v) is 2.00. The average Bonchev–Trinajstić information content (AvgIpc) is 2.14. The van der Waals surface area contributed by atoms with Crippen LogP contribution in [0.5, 0.6) is 0 Å². The summed E-state index contributed by atoms with van der Waals surface area (Å²) in [5.41, 5.74) is 0. The van der Waals surface area contributed by atoms with Crippen LogP contribution in [0.3, 0.4) is 0 Å². The van der Waals surface area contributed by atoms with E-state index in [1.165, 1.54) is 0 Å². The summed E-state index contributed by atoms with van der Waals surface area (Å²) in [6.45, 7) is 3.72. The van der Waals surface area contributed by atoms with E-state index in [-0.39, 0.29) is 19.3 Å². The number of hydrogen-bond acceptors (Lipinski definition) is 4. The molecule has 0 bridgehead atoms. The second kappa shape index (κ2) is 7.37. The zero-order valence-electron chi connectivity index (χ0n) is 8.68. The monoisotopic (exact) mass is 226 g/mol. The van der Waals surface area contributed by atoms with E-state index in [1.54, 1.807) is 0 Å². The summed E-state index contributed by atoms with van der Waals surface area (Å²) in [4.78, 5) is 9.20. The predicted octanol–water partition coefficient (Wildman–Crippen LogP) is 1.69. The topological polar surface area (TPSA) is 76.0 Å². The molecular formula is C8H19O5P. The maximum absolute atomic E-state index is 11.2. The largest absolute Gasteiger partial charge is 0.472 e. The molecule has 0 aliphatic carbocycles. The van der Waals surface area contributed by atoms with Gasteiger partial charge in [0, 0.05) is 6.61 Å². The van der Waals surface area contributed by atoms with Crippen LogP contribution in [-0.4, -0.2) is 29.3 Å². The summed E-state index contributed by atoms with van der Waals surface area (Å²) in [6, 6.07) is 0. The van der Waals surface area contributed by atoms with Crippen LogP contribution >= 0.6 is 7.82 Å². The molecule has 0 amide bonds. The summed E-state index contributed by atoms with van der Waals surface area (Å²) in [5, 5.41) is 8.45. The van der Waals surface area contributed by atoms with E-state index in [0.29, 0.717) is 19.3 Å². The Morgan fingerprint density at radius 1 is 1.36 bits per heavy atom. The molecule has 0 rings (SSSR count). The molecule has 0 saturated carbocycles. The molecule has 5 nitrogen and oxygen atoms in total. The highest BCUT2D eigenvalue weighted by Crippen LogP contribution is 2.45. The maximum Gasteiger partial charge on any atom is 0.472 e. The van der Waals surface area contributed by atoms with Crippen LogP contribution in [0.15, 0.2) is 0 Å². The molecule has 0 aromatic carbocycles. The lowest BCUT2D eigenvalue weighted by molar-refractivity contribution is 0.0952. The summed E-state index contributed by atoms with van der Waals surface area (Å²) < 4.78 is 20.8. The zero-order chi connectivity index (χ0) is 11.0. The molecule has 0 fully saturated rings. The van der Waals surface area contributed by atoms with Gasteiger partial charge in [-0.05, 0) is 19.3 Å². The van der Waals surface area contributed by atoms with Crippen LogP contribution in [0.2, 0.25) is 0 Å². The number of phosphoric acid groups is 1. The minimum atomic E-state index is -3.92. The van der Waals surface area contributed by atoms with Gasteiger partial charge in [0.2, 0.25) is 0 Å². The van der Waals surface area contributed by atoms with Crippen LogP contribution in [0.4, 0.5) is 0 Å². The first-order valence-corrected chi connectivity index (χ1v) is 6.31. The molecule has 0 radical (unpaired) electrons. The number of aliphatic hydroxyl groups is 1. The molecular weight excluding hydrogens is 207 g/mol. The number of aliphatic hydroxyl groups excluding tert-OH is 1. The number of rotatable bonds is 8. The van der Waals surface area contributed by atoms with Crippen molar-refractivity contribution in [2.75, 3.05) is 13.2 Å². The van der Waals surface area contributed by atoms with Gasteiger partial charge in [-0.3, -0.25) is 9.05 Å². The lowest BCUT2D eigenvalue weighted by Crippen LogP contribution is -2.10. The van der Waals surface area contributed by atoms with Crippen molar-refractivity contribution in [2.24, 2.45) is 0 Å². The predicted molar refractivity (Wildman–Crippen MR) is 52.9 cm³/mol. The van der Waals surface area contributed by atoms with Crippen molar-refractivity contribution in [2.45, 2.75) is 39.2 Å². The van der Waals surface area contributed by atoms with Crippen molar-refractivity contribution in [1.82, 2.24) is 0 Å². The first-order valence-electron chi connectivity index (χ1n) is 4.82. The Morgan fingerprint density at radius 3 is 2.36 bits per heavy atom. The highest BCUT2D eigenvalue weighted by atomic mass is 31.2. The van der Waals surface area contributed by atoms with E-state index in [0.717, 1.165) is 0 Å². The Bertz CT molecular complexity index is 181. The van der Waals surface area contributed by atoms with Crippen molar-refractivity contribution < 1.29 is 23.6 Å². The van der Waals surface area contributed by atoms with Gasteiger partial charge in [0.05, 0.1) is 12.7 Å². The van der Waals surface area contributed by atoms with Gasteiger partial charge in [-0.25, -0.2) is 4.57 Å². The number of hydrogen-bond donors (Lipinski definition) is 2. The molecule has 0 aliphatic rings. The van der Waals surface area contributed by atoms with Crippen molar-refractivity contribution in [3.8, 4) is 0 Å². The summed E-state index contributed by atoms with van der Waals surface area (Å²) >= 11 is 0. The summed E-state index contributed by atoms with van der Waals surface area (Å²) in [7, 11) is -3.92. The maximum atomic E-state index is 11.2. The molecule has 0 aromatic rings. The van der Waals surface area contributed by atoms with E-state index in [1.807, 2.05) is 13.8 Å². The van der Waals surface area contributed by atoms with E-state index in [4.69, 9.17) is 9.63 Å². The van der Waals surface area contributed by atoms with E-state index in [2.05, 4.69) is 4.52 Å². The van der Waals surface area contributed by atoms with E-state index >= 15 is 0 Å². The molecule has 86 valence electrons. The Morgan fingerprint density at radius 2 is 1.93 bits per heavy atom. The van der Waals surface area contributed by atoms with Crippen molar-refractivity contribution in [1.29, 1.82) is 0 Å². The van der Waals surface area contributed by atoms with Crippen LogP contribution in [0.1, 0.15) is 33.1 Å². The second-order valence-corrected chi connectivity index (χ2v) is 4.33. The van der Waals surface area contributed by atoms with Crippen LogP contribution in [0, 0.1) is 0 Å². The molecule has 0 spiro atoms. The number of phosphoric ester groups is 1. The smallest absolute Gasteiger partial charge is 0.396 e. The molecule has 1 unspecified atom stereocenters. The summed E-state index contributed by atoms with van der Waals surface area (Å²) in [6.07, 6.45) is 1.42. The van der Waals surface area contributed by atoms with Gasteiger partial charge in [-0.15, -0.1) is 0 Å². The second-order valence-electron chi connectivity index (χ2n) is 2.92. The molecule has 0 aliphatic heterocycles. The molecule has 2 N–H and O–H groups in total. The van der Waals surface area contributed by atoms with Crippen molar-refractivity contribution in [3.63, 3.8) is 0 Å². The minimum absolute atomic E-state index is 0.0322. The lowest BCUT2D eigenvalue weighted by Gasteiger charge is -2.17. The van der Waals surface area contributed by atoms with Crippen molar-refractivity contribution >= 4 is 7.82 Å². The van der Waals surface area contributed by atoms with Gasteiger partial charge in [0.1, 0.15) is 0 Å². The minimum Gasteiger partial charge on any atom is -0.396 e. The third-order valence-corrected chi connectivity index (χ3v) is 2.82. The highest BCUT2D eigenvalue weighted by Gasteiger charge is 2.24. The Kier molecular flexibility index (Phi) is 7.41. The normalized spacial score (nSPS) is 15.8. The highest BCUT2D eigenvalue weighted by molar-refractivity contribution is 7.47. The molecule has 1 atom stereocenters. The molecule has 0 heterocycles. The standard InChI is InChI=1S/C8H19O5P/c1-3-8(4-2)13-14(10,11)12-7-5-6-9/h8-9H,3-7H2,1-2H3,(H,10,11). The first-order chi connectivity index (χ1) is 6.55. The van der Waals surface area contributed by atoms with Gasteiger partial charge < -0.3 is 10.00 Å². The Labute approximate surface area is 84.7 Å². The SMILES string of the molecule is CCC(CC)OP(=O)(O)OCCCO. The molecule has 0 aromatic heterocycles. The third kappa shape index (κ3) is 6.51. The average molecular weight is 226 g/mol. The third-order valence-electron chi connectivity index (χ3n) is 1.75. The fraction of sp³-hybridized carbons (Fsp3) is 1.00. The first kappa shape index (κ1) is 14.1. The lowest BCUT2D eigenvalue weighted by atomic mass is 10.2. The Hall–Kier alpha value is 0.0700.